The molecule has 3 nitrogen and oxygen atoms in total. The minimum Gasteiger partial charge on any atom is -0.232 e. The van der Waals surface area contributed by atoms with Crippen LogP contribution in [0.3, 0.4) is 0 Å². The molecule has 5 heteroatoms. The van der Waals surface area contributed by atoms with Crippen molar-refractivity contribution in [3.8, 4) is 5.95 Å². The van der Waals surface area contributed by atoms with Crippen molar-refractivity contribution in [2.24, 2.45) is 0 Å². The summed E-state index contributed by atoms with van der Waals surface area (Å²) >= 11 is 6.65. The van der Waals surface area contributed by atoms with Crippen molar-refractivity contribution in [1.29, 1.82) is 0 Å². The van der Waals surface area contributed by atoms with Gasteiger partial charge >= 0.3 is 5.95 Å². The maximum absolute atomic E-state index is 4.26. The molecule has 0 aromatic carbocycles. The van der Waals surface area contributed by atoms with E-state index in [9.17, 15) is 0 Å². The Bertz CT molecular complexity index is 391. The summed E-state index contributed by atoms with van der Waals surface area (Å²) in [4.78, 5) is 7.34. The number of rotatable bonds is 1. The molecule has 0 saturated carbocycles. The lowest BCUT2D eigenvalue weighted by Gasteiger charge is -1.89. The fourth-order valence-electron chi connectivity index (χ4n) is 0.982. The molecule has 0 radical (unpaired) electrons. The van der Waals surface area contributed by atoms with Crippen LogP contribution >= 0.6 is 31.9 Å². The molecule has 2 aromatic heterocycles. The van der Waals surface area contributed by atoms with Crippen LogP contribution in [0.15, 0.2) is 39.8 Å². The van der Waals surface area contributed by atoms with Gasteiger partial charge in [0.15, 0.2) is 4.60 Å². The van der Waals surface area contributed by atoms with Gasteiger partial charge in [0.2, 0.25) is 4.60 Å². The smallest absolute Gasteiger partial charge is 0.232 e. The van der Waals surface area contributed by atoms with Gasteiger partial charge in [-0.2, -0.15) is 0 Å². The van der Waals surface area contributed by atoms with Crippen LogP contribution in [0.5, 0.6) is 0 Å². The molecule has 0 atom stereocenters. The Morgan fingerprint density at radius 3 is 2.38 bits per heavy atom. The molecule has 0 aliphatic carbocycles. The standard InChI is InChI=1S/C8H6Br2N3/c9-6-7(10)12-8(11-6)13-4-2-1-3-5-13/h1-5H,(H,11,12)/q+1. The normalized spacial score (nSPS) is 10.3. The number of hydrogen-bond donors (Lipinski definition) is 1. The van der Waals surface area contributed by atoms with E-state index in [1.807, 2.05) is 35.2 Å². The maximum atomic E-state index is 4.26. The van der Waals surface area contributed by atoms with Gasteiger partial charge in [-0.15, -0.1) is 0 Å². The van der Waals surface area contributed by atoms with Crippen molar-refractivity contribution in [3.05, 3.63) is 39.8 Å². The summed E-state index contributed by atoms with van der Waals surface area (Å²) < 4.78 is 3.52. The lowest BCUT2D eigenvalue weighted by molar-refractivity contribution is -0.603. The maximum Gasteiger partial charge on any atom is 0.402 e. The Morgan fingerprint density at radius 1 is 1.15 bits per heavy atom. The largest absolute Gasteiger partial charge is 0.402 e. The number of aromatic amines is 1. The third-order valence-corrected chi connectivity index (χ3v) is 3.25. The summed E-state index contributed by atoms with van der Waals surface area (Å²) in [5, 5.41) is 0. The summed E-state index contributed by atoms with van der Waals surface area (Å²) in [6, 6.07) is 5.86. The van der Waals surface area contributed by atoms with Crippen LogP contribution < -0.4 is 4.57 Å². The highest BCUT2D eigenvalue weighted by Gasteiger charge is 2.14. The molecule has 0 amide bonds. The van der Waals surface area contributed by atoms with Crippen LogP contribution in [0.4, 0.5) is 0 Å². The number of aromatic nitrogens is 3. The summed E-state index contributed by atoms with van der Waals surface area (Å²) in [7, 11) is 0. The highest BCUT2D eigenvalue weighted by atomic mass is 79.9. The van der Waals surface area contributed by atoms with Crippen LogP contribution in [-0.2, 0) is 0 Å². The average Bonchev–Trinajstić information content (AvgIpc) is 2.49. The zero-order valence-corrected chi connectivity index (χ0v) is 9.71. The van der Waals surface area contributed by atoms with E-state index in [0.29, 0.717) is 0 Å². The van der Waals surface area contributed by atoms with Crippen molar-refractivity contribution in [2.45, 2.75) is 0 Å². The van der Waals surface area contributed by atoms with Crippen molar-refractivity contribution < 1.29 is 4.57 Å². The number of imidazole rings is 1. The first kappa shape index (κ1) is 8.90. The predicted molar refractivity (Wildman–Crippen MR) is 55.5 cm³/mol. The topological polar surface area (TPSA) is 32.6 Å². The number of nitrogens with one attached hydrogen (secondary N) is 1. The number of H-pyrrole nitrogens is 1. The quantitative estimate of drug-likeness (QED) is 0.805. The SMILES string of the molecule is Brc1nc(-[n+]2ccccc2)[nH]c1Br. The number of pyridine rings is 1. The predicted octanol–water partition coefficient (Wildman–Crippen LogP) is 2.21. The van der Waals surface area contributed by atoms with Gasteiger partial charge in [-0.1, -0.05) is 11.1 Å². The van der Waals surface area contributed by atoms with Crippen molar-refractivity contribution >= 4 is 31.9 Å². The Kier molecular flexibility index (Phi) is 2.46. The monoisotopic (exact) mass is 302 g/mol. The number of nitrogens with zero attached hydrogens (tertiary/aromatic N) is 2. The first-order chi connectivity index (χ1) is 6.27. The lowest BCUT2D eigenvalue weighted by Crippen LogP contribution is -2.30. The van der Waals surface area contributed by atoms with E-state index in [1.165, 1.54) is 0 Å². The second-order valence-corrected chi connectivity index (χ2v) is 3.99. The first-order valence-electron chi connectivity index (χ1n) is 3.65. The van der Waals surface area contributed by atoms with Crippen LogP contribution in [0, 0.1) is 0 Å². The second-order valence-electron chi connectivity index (χ2n) is 2.45. The molecular weight excluding hydrogens is 298 g/mol. The molecule has 2 aromatic rings. The van der Waals surface area contributed by atoms with Gasteiger partial charge in [-0.3, -0.25) is 0 Å². The fourth-order valence-corrected chi connectivity index (χ4v) is 1.51. The molecular formula is C8H6Br2N3+. The van der Waals surface area contributed by atoms with Crippen LogP contribution in [0.1, 0.15) is 0 Å². The summed E-state index contributed by atoms with van der Waals surface area (Å²) in [5.74, 6) is 0.777. The van der Waals surface area contributed by atoms with E-state index >= 15 is 0 Å². The minimum absolute atomic E-state index is 0.777. The molecule has 0 bridgehead atoms. The summed E-state index contributed by atoms with van der Waals surface area (Å²) in [5.41, 5.74) is 0. The van der Waals surface area contributed by atoms with E-state index in [0.717, 1.165) is 15.2 Å². The molecule has 2 rings (SSSR count). The molecule has 0 fully saturated rings. The van der Waals surface area contributed by atoms with E-state index in [4.69, 9.17) is 0 Å². The van der Waals surface area contributed by atoms with E-state index < -0.39 is 0 Å². The molecule has 2 heterocycles. The highest BCUT2D eigenvalue weighted by molar-refractivity contribution is 9.13. The molecule has 13 heavy (non-hydrogen) atoms. The fraction of sp³-hybridized carbons (Fsp3) is 0. The van der Waals surface area contributed by atoms with E-state index in [1.54, 1.807) is 0 Å². The van der Waals surface area contributed by atoms with Crippen molar-refractivity contribution in [2.75, 3.05) is 0 Å². The molecule has 0 aliphatic rings. The van der Waals surface area contributed by atoms with Crippen LogP contribution in [0.2, 0.25) is 0 Å². The molecule has 0 saturated heterocycles. The van der Waals surface area contributed by atoms with Gasteiger partial charge in [0, 0.05) is 0 Å². The van der Waals surface area contributed by atoms with E-state index in [2.05, 4.69) is 41.8 Å². The molecule has 0 aliphatic heterocycles. The Labute approximate surface area is 92.1 Å². The van der Waals surface area contributed by atoms with Crippen LogP contribution in [0.25, 0.3) is 5.95 Å². The Morgan fingerprint density at radius 2 is 1.85 bits per heavy atom. The van der Waals surface area contributed by atoms with Crippen molar-refractivity contribution in [1.82, 2.24) is 9.97 Å². The third kappa shape index (κ3) is 1.81. The summed E-state index contributed by atoms with van der Waals surface area (Å²) in [6.07, 6.45) is 3.86. The minimum atomic E-state index is 0.777. The molecule has 0 unspecified atom stereocenters. The third-order valence-electron chi connectivity index (χ3n) is 1.57. The summed E-state index contributed by atoms with van der Waals surface area (Å²) in [6.45, 7) is 0. The lowest BCUT2D eigenvalue weighted by atomic mass is 10.5. The Balaban J connectivity index is 2.48. The number of halogens is 2. The van der Waals surface area contributed by atoms with Gasteiger partial charge in [-0.25, -0.2) is 9.55 Å². The average molecular weight is 304 g/mol. The zero-order valence-electron chi connectivity index (χ0n) is 6.54. The van der Waals surface area contributed by atoms with Gasteiger partial charge in [-0.05, 0) is 44.0 Å². The molecule has 1 N–H and O–H groups in total. The van der Waals surface area contributed by atoms with Gasteiger partial charge in [0.1, 0.15) is 0 Å². The van der Waals surface area contributed by atoms with E-state index in [-0.39, 0.29) is 0 Å². The van der Waals surface area contributed by atoms with Gasteiger partial charge in [0.25, 0.3) is 0 Å². The first-order valence-corrected chi connectivity index (χ1v) is 5.23. The van der Waals surface area contributed by atoms with Gasteiger partial charge < -0.3 is 0 Å². The Hall–Kier alpha value is -0.680. The zero-order chi connectivity index (χ0) is 9.26. The number of hydrogen-bond acceptors (Lipinski definition) is 1. The molecule has 0 spiro atoms. The van der Waals surface area contributed by atoms with Gasteiger partial charge in [0.05, 0.1) is 12.4 Å². The van der Waals surface area contributed by atoms with Crippen molar-refractivity contribution in [3.63, 3.8) is 0 Å². The van der Waals surface area contributed by atoms with Crippen LogP contribution in [-0.4, -0.2) is 9.97 Å². The highest BCUT2D eigenvalue weighted by Crippen LogP contribution is 2.18. The molecule has 66 valence electrons. The second kappa shape index (κ2) is 3.59.